The highest BCUT2D eigenvalue weighted by Crippen LogP contribution is 2.33. The molecule has 6 heteroatoms. The van der Waals surface area contributed by atoms with Crippen molar-refractivity contribution in [3.63, 3.8) is 0 Å². The minimum absolute atomic E-state index is 0.000856. The van der Waals surface area contributed by atoms with Gasteiger partial charge in [-0.25, -0.2) is 4.90 Å². The van der Waals surface area contributed by atoms with Crippen LogP contribution in [0.4, 0.5) is 5.69 Å². The predicted octanol–water partition coefficient (Wildman–Crippen LogP) is 3.40. The molecule has 0 N–H and O–H groups in total. The minimum Gasteiger partial charge on any atom is -0.365 e. The van der Waals surface area contributed by atoms with Gasteiger partial charge in [-0.3, -0.25) is 9.59 Å². The molecule has 2 aliphatic rings. The Morgan fingerprint density at radius 1 is 1.18 bits per heavy atom. The van der Waals surface area contributed by atoms with Crippen LogP contribution < -0.4 is 4.90 Å². The SMILES string of the molecule is C[C@H]1CCCN(C2=C(Cl)C(=O)N(c3cccc(Cl)c3)C2=O)C1. The number of rotatable bonds is 2. The van der Waals surface area contributed by atoms with Crippen molar-refractivity contribution < 1.29 is 9.59 Å². The summed E-state index contributed by atoms with van der Waals surface area (Å²) in [4.78, 5) is 28.2. The van der Waals surface area contributed by atoms with Crippen LogP contribution in [0.2, 0.25) is 5.02 Å². The average Bonchev–Trinajstić information content (AvgIpc) is 2.69. The summed E-state index contributed by atoms with van der Waals surface area (Å²) in [5, 5.41) is 0.466. The number of amides is 2. The first kappa shape index (κ1) is 15.4. The molecule has 2 aliphatic heterocycles. The lowest BCUT2D eigenvalue weighted by Crippen LogP contribution is -2.39. The number of nitrogens with zero attached hydrogens (tertiary/aromatic N) is 2. The molecule has 3 rings (SSSR count). The van der Waals surface area contributed by atoms with Gasteiger partial charge in [-0.1, -0.05) is 36.2 Å². The number of halogens is 2. The number of carbonyl (C=O) groups excluding carboxylic acids is 2. The van der Waals surface area contributed by atoms with Crippen molar-refractivity contribution in [2.24, 2.45) is 5.92 Å². The Morgan fingerprint density at radius 3 is 2.64 bits per heavy atom. The molecule has 1 saturated heterocycles. The lowest BCUT2D eigenvalue weighted by atomic mass is 10.00. The van der Waals surface area contributed by atoms with Crippen LogP contribution >= 0.6 is 23.2 Å². The van der Waals surface area contributed by atoms with Gasteiger partial charge in [-0.15, -0.1) is 0 Å². The fourth-order valence-electron chi connectivity index (χ4n) is 3.01. The second kappa shape index (κ2) is 5.94. The Bertz CT molecular complexity index is 672. The molecule has 0 bridgehead atoms. The van der Waals surface area contributed by atoms with Crippen LogP contribution in [0.3, 0.4) is 0 Å². The van der Waals surface area contributed by atoms with E-state index in [2.05, 4.69) is 6.92 Å². The summed E-state index contributed by atoms with van der Waals surface area (Å²) >= 11 is 12.1. The molecule has 1 aromatic rings. The van der Waals surface area contributed by atoms with Gasteiger partial charge in [0, 0.05) is 18.1 Å². The first-order valence-corrected chi connectivity index (χ1v) is 8.03. The number of likely N-dealkylation sites (tertiary alicyclic amines) is 1. The summed E-state index contributed by atoms with van der Waals surface area (Å²) in [6.07, 6.45) is 2.12. The topological polar surface area (TPSA) is 40.6 Å². The van der Waals surface area contributed by atoms with E-state index >= 15 is 0 Å². The Labute approximate surface area is 139 Å². The third-order valence-electron chi connectivity index (χ3n) is 4.04. The Hall–Kier alpha value is -1.52. The van der Waals surface area contributed by atoms with Gasteiger partial charge in [0.05, 0.1) is 5.69 Å². The first-order chi connectivity index (χ1) is 10.5. The molecule has 0 unspecified atom stereocenters. The number of anilines is 1. The largest absolute Gasteiger partial charge is 0.365 e. The van der Waals surface area contributed by atoms with E-state index < -0.39 is 5.91 Å². The fourth-order valence-corrected chi connectivity index (χ4v) is 3.48. The second-order valence-electron chi connectivity index (χ2n) is 5.78. The highest BCUT2D eigenvalue weighted by Gasteiger charge is 2.42. The smallest absolute Gasteiger partial charge is 0.283 e. The molecule has 0 spiro atoms. The molecule has 1 fully saturated rings. The molecule has 0 saturated carbocycles. The maximum atomic E-state index is 12.7. The lowest BCUT2D eigenvalue weighted by molar-refractivity contribution is -0.121. The average molecular weight is 339 g/mol. The number of hydrogen-bond donors (Lipinski definition) is 0. The van der Waals surface area contributed by atoms with Gasteiger partial charge in [0.2, 0.25) is 0 Å². The van der Waals surface area contributed by atoms with Crippen molar-refractivity contribution in [1.82, 2.24) is 4.90 Å². The monoisotopic (exact) mass is 338 g/mol. The number of piperidine rings is 1. The van der Waals surface area contributed by atoms with E-state index in [9.17, 15) is 9.59 Å². The van der Waals surface area contributed by atoms with E-state index in [1.165, 1.54) is 0 Å². The van der Waals surface area contributed by atoms with E-state index in [0.29, 0.717) is 22.3 Å². The van der Waals surface area contributed by atoms with E-state index in [0.717, 1.165) is 30.8 Å². The summed E-state index contributed by atoms with van der Waals surface area (Å²) in [7, 11) is 0. The van der Waals surface area contributed by atoms with Crippen molar-refractivity contribution in [1.29, 1.82) is 0 Å². The van der Waals surface area contributed by atoms with Gasteiger partial charge in [0.25, 0.3) is 11.8 Å². The van der Waals surface area contributed by atoms with Crippen LogP contribution in [0.5, 0.6) is 0 Å². The fraction of sp³-hybridized carbons (Fsp3) is 0.375. The molecule has 1 atom stereocenters. The van der Waals surface area contributed by atoms with Crippen molar-refractivity contribution in [3.05, 3.63) is 40.0 Å². The van der Waals surface area contributed by atoms with Gasteiger partial charge in [0.15, 0.2) is 0 Å². The molecule has 4 nitrogen and oxygen atoms in total. The van der Waals surface area contributed by atoms with Gasteiger partial charge in [-0.2, -0.15) is 0 Å². The second-order valence-corrected chi connectivity index (χ2v) is 6.60. The first-order valence-electron chi connectivity index (χ1n) is 7.28. The highest BCUT2D eigenvalue weighted by atomic mass is 35.5. The molecule has 0 radical (unpaired) electrons. The van der Waals surface area contributed by atoms with E-state index in [-0.39, 0.29) is 10.9 Å². The molecular formula is C16H16Cl2N2O2. The van der Waals surface area contributed by atoms with E-state index in [4.69, 9.17) is 23.2 Å². The normalized spacial score (nSPS) is 22.8. The molecule has 0 aromatic heterocycles. The Morgan fingerprint density at radius 2 is 1.95 bits per heavy atom. The van der Waals surface area contributed by atoms with E-state index in [1.54, 1.807) is 24.3 Å². The zero-order valence-corrected chi connectivity index (χ0v) is 13.7. The van der Waals surface area contributed by atoms with Crippen LogP contribution in [0.15, 0.2) is 35.0 Å². The number of benzene rings is 1. The van der Waals surface area contributed by atoms with Crippen molar-refractivity contribution in [2.45, 2.75) is 19.8 Å². The Kier molecular flexibility index (Phi) is 4.15. The maximum Gasteiger partial charge on any atom is 0.283 e. The van der Waals surface area contributed by atoms with Crippen molar-refractivity contribution in [2.75, 3.05) is 18.0 Å². The zero-order valence-electron chi connectivity index (χ0n) is 12.2. The minimum atomic E-state index is -0.484. The third kappa shape index (κ3) is 2.61. The van der Waals surface area contributed by atoms with E-state index in [1.807, 2.05) is 4.90 Å². The highest BCUT2D eigenvalue weighted by molar-refractivity contribution is 6.52. The Balaban J connectivity index is 1.93. The quantitative estimate of drug-likeness (QED) is 0.776. The van der Waals surface area contributed by atoms with Crippen molar-refractivity contribution in [3.8, 4) is 0 Å². The van der Waals surface area contributed by atoms with Gasteiger partial charge < -0.3 is 4.90 Å². The number of carbonyl (C=O) groups is 2. The van der Waals surface area contributed by atoms with Crippen molar-refractivity contribution >= 4 is 40.7 Å². The molecule has 0 aliphatic carbocycles. The molecular weight excluding hydrogens is 323 g/mol. The molecule has 116 valence electrons. The number of imide groups is 1. The van der Waals surface area contributed by atoms with Crippen LogP contribution in [-0.2, 0) is 9.59 Å². The van der Waals surface area contributed by atoms with Crippen LogP contribution in [0.1, 0.15) is 19.8 Å². The van der Waals surface area contributed by atoms with Gasteiger partial charge >= 0.3 is 0 Å². The molecule has 2 amide bonds. The summed E-state index contributed by atoms with van der Waals surface area (Å²) in [6, 6.07) is 6.66. The van der Waals surface area contributed by atoms with Crippen LogP contribution in [0, 0.1) is 5.92 Å². The number of hydrogen-bond acceptors (Lipinski definition) is 3. The lowest BCUT2D eigenvalue weighted by Gasteiger charge is -2.33. The summed E-state index contributed by atoms with van der Waals surface area (Å²) < 4.78 is 0. The predicted molar refractivity (Wildman–Crippen MR) is 86.8 cm³/mol. The van der Waals surface area contributed by atoms with Crippen LogP contribution in [0.25, 0.3) is 0 Å². The third-order valence-corrected chi connectivity index (χ3v) is 4.62. The summed E-state index contributed by atoms with van der Waals surface area (Å²) in [6.45, 7) is 3.63. The summed E-state index contributed by atoms with van der Waals surface area (Å²) in [5.41, 5.74) is 0.763. The van der Waals surface area contributed by atoms with Crippen LogP contribution in [-0.4, -0.2) is 29.8 Å². The molecule has 22 heavy (non-hydrogen) atoms. The van der Waals surface area contributed by atoms with Gasteiger partial charge in [0.1, 0.15) is 10.7 Å². The maximum absolute atomic E-state index is 12.7. The summed E-state index contributed by atoms with van der Waals surface area (Å²) in [5.74, 6) is -0.373. The standard InChI is InChI=1S/C16H16Cl2N2O2/c1-10-4-3-7-19(9-10)14-13(18)15(21)20(16(14)22)12-6-2-5-11(17)8-12/h2,5-6,8,10H,3-4,7,9H2,1H3/t10-/m0/s1. The zero-order chi connectivity index (χ0) is 15.9. The van der Waals surface area contributed by atoms with Gasteiger partial charge in [-0.05, 0) is 37.0 Å². The molecule has 2 heterocycles. The molecule has 1 aromatic carbocycles.